The van der Waals surface area contributed by atoms with Crippen LogP contribution in [0.15, 0.2) is 54.9 Å². The average Bonchev–Trinajstić information content (AvgIpc) is 3.44. The molecule has 1 aliphatic rings. The predicted molar refractivity (Wildman–Crippen MR) is 100 cm³/mol. The molecule has 2 heterocycles. The second kappa shape index (κ2) is 6.83. The van der Waals surface area contributed by atoms with Gasteiger partial charge in [0.1, 0.15) is 18.0 Å². The lowest BCUT2D eigenvalue weighted by Gasteiger charge is -2.25. The van der Waals surface area contributed by atoms with Crippen LogP contribution in [0.2, 0.25) is 0 Å². The molecule has 0 N–H and O–H groups in total. The number of imidazole rings is 1. The van der Waals surface area contributed by atoms with E-state index in [0.29, 0.717) is 23.8 Å². The molecular weight excluding hydrogens is 326 g/mol. The molecule has 2 aromatic heterocycles. The molecule has 26 heavy (non-hydrogen) atoms. The minimum absolute atomic E-state index is 0.0441. The van der Waals surface area contributed by atoms with Gasteiger partial charge in [0.2, 0.25) is 0 Å². The van der Waals surface area contributed by atoms with Gasteiger partial charge < -0.3 is 14.0 Å². The summed E-state index contributed by atoms with van der Waals surface area (Å²) < 4.78 is 7.83. The fourth-order valence-electron chi connectivity index (χ4n) is 3.22. The van der Waals surface area contributed by atoms with Gasteiger partial charge >= 0.3 is 0 Å². The summed E-state index contributed by atoms with van der Waals surface area (Å²) in [6, 6.07) is 13.6. The van der Waals surface area contributed by atoms with E-state index in [1.165, 1.54) is 12.8 Å². The first-order valence-corrected chi connectivity index (χ1v) is 9.04. The van der Waals surface area contributed by atoms with Gasteiger partial charge in [0.05, 0.1) is 5.69 Å². The zero-order chi connectivity index (χ0) is 18.1. The Morgan fingerprint density at radius 2 is 2.15 bits per heavy atom. The summed E-state index contributed by atoms with van der Waals surface area (Å²) in [5.74, 6) is 1.38. The number of fused-ring (bicyclic) bond motifs is 1. The Morgan fingerprint density at radius 1 is 1.31 bits per heavy atom. The van der Waals surface area contributed by atoms with Crippen LogP contribution in [0.25, 0.3) is 5.65 Å². The van der Waals surface area contributed by atoms with Gasteiger partial charge in [0, 0.05) is 31.0 Å². The summed E-state index contributed by atoms with van der Waals surface area (Å²) in [7, 11) is 1.88. The van der Waals surface area contributed by atoms with Gasteiger partial charge in [-0.1, -0.05) is 12.1 Å². The molecule has 5 heteroatoms. The Balaban J connectivity index is 1.44. The van der Waals surface area contributed by atoms with E-state index in [4.69, 9.17) is 4.74 Å². The average molecular weight is 349 g/mol. The summed E-state index contributed by atoms with van der Waals surface area (Å²) in [5, 5.41) is 0. The first-order chi connectivity index (χ1) is 12.6. The fourth-order valence-corrected chi connectivity index (χ4v) is 3.22. The molecule has 1 aromatic carbocycles. The van der Waals surface area contributed by atoms with Crippen molar-refractivity contribution in [1.82, 2.24) is 14.3 Å². The molecule has 5 nitrogen and oxygen atoms in total. The molecule has 1 unspecified atom stereocenters. The number of benzene rings is 1. The molecule has 1 atom stereocenters. The van der Waals surface area contributed by atoms with Gasteiger partial charge in [-0.2, -0.15) is 0 Å². The van der Waals surface area contributed by atoms with Gasteiger partial charge in [0.15, 0.2) is 0 Å². The maximum absolute atomic E-state index is 12.7. The summed E-state index contributed by atoms with van der Waals surface area (Å²) in [4.78, 5) is 19.1. The first-order valence-electron chi connectivity index (χ1n) is 9.04. The molecule has 1 fully saturated rings. The second-order valence-electron chi connectivity index (χ2n) is 7.01. The third-order valence-corrected chi connectivity index (χ3v) is 5.12. The highest BCUT2D eigenvalue weighted by atomic mass is 16.5. The van der Waals surface area contributed by atoms with E-state index in [1.54, 1.807) is 0 Å². The SMILES string of the molecule is CC(C1CC1)N(C)C(=O)c1cccc(OCc2cn3ccccc3n2)c1. The van der Waals surface area contributed by atoms with Crippen LogP contribution in [-0.2, 0) is 6.61 Å². The summed E-state index contributed by atoms with van der Waals surface area (Å²) in [6.45, 7) is 2.49. The number of pyridine rings is 1. The summed E-state index contributed by atoms with van der Waals surface area (Å²) >= 11 is 0. The highest BCUT2D eigenvalue weighted by Gasteiger charge is 2.32. The molecule has 0 radical (unpaired) electrons. The zero-order valence-electron chi connectivity index (χ0n) is 15.1. The van der Waals surface area contributed by atoms with Crippen LogP contribution < -0.4 is 4.74 Å². The van der Waals surface area contributed by atoms with E-state index in [0.717, 1.165) is 11.3 Å². The number of nitrogens with zero attached hydrogens (tertiary/aromatic N) is 3. The van der Waals surface area contributed by atoms with Crippen molar-refractivity contribution in [3.05, 3.63) is 66.1 Å². The second-order valence-corrected chi connectivity index (χ2v) is 7.01. The van der Waals surface area contributed by atoms with Crippen molar-refractivity contribution < 1.29 is 9.53 Å². The van der Waals surface area contributed by atoms with Crippen molar-refractivity contribution in [3.63, 3.8) is 0 Å². The van der Waals surface area contributed by atoms with Crippen LogP contribution in [0, 0.1) is 5.92 Å². The third-order valence-electron chi connectivity index (χ3n) is 5.12. The first kappa shape index (κ1) is 16.6. The number of ether oxygens (including phenoxy) is 1. The molecule has 134 valence electrons. The van der Waals surface area contributed by atoms with Gasteiger partial charge in [-0.3, -0.25) is 4.79 Å². The third kappa shape index (κ3) is 3.43. The van der Waals surface area contributed by atoms with Crippen LogP contribution in [0.4, 0.5) is 0 Å². The number of amides is 1. The fraction of sp³-hybridized carbons (Fsp3) is 0.333. The molecule has 0 bridgehead atoms. The number of hydrogen-bond acceptors (Lipinski definition) is 3. The van der Waals surface area contributed by atoms with E-state index in [-0.39, 0.29) is 11.9 Å². The normalized spacial score (nSPS) is 15.0. The Labute approximate surface area is 153 Å². The summed E-state index contributed by atoms with van der Waals surface area (Å²) in [6.07, 6.45) is 6.36. The number of rotatable bonds is 6. The Morgan fingerprint density at radius 3 is 2.92 bits per heavy atom. The highest BCUT2D eigenvalue weighted by molar-refractivity contribution is 5.94. The van der Waals surface area contributed by atoms with E-state index in [1.807, 2.05) is 71.2 Å². The van der Waals surface area contributed by atoms with Crippen LogP contribution in [-0.4, -0.2) is 33.3 Å². The predicted octanol–water partition coefficient (Wildman–Crippen LogP) is 3.78. The quantitative estimate of drug-likeness (QED) is 0.680. The molecule has 4 rings (SSSR count). The van der Waals surface area contributed by atoms with Crippen molar-refractivity contribution in [3.8, 4) is 5.75 Å². The van der Waals surface area contributed by atoms with E-state index >= 15 is 0 Å². The molecule has 1 aliphatic carbocycles. The van der Waals surface area contributed by atoms with E-state index < -0.39 is 0 Å². The van der Waals surface area contributed by atoms with Crippen LogP contribution in [0.3, 0.4) is 0 Å². The van der Waals surface area contributed by atoms with E-state index in [2.05, 4.69) is 11.9 Å². The lowest BCUT2D eigenvalue weighted by molar-refractivity contribution is 0.0727. The molecule has 0 aliphatic heterocycles. The largest absolute Gasteiger partial charge is 0.487 e. The van der Waals surface area contributed by atoms with Crippen LogP contribution >= 0.6 is 0 Å². The smallest absolute Gasteiger partial charge is 0.253 e. The monoisotopic (exact) mass is 349 g/mol. The molecule has 1 saturated carbocycles. The van der Waals surface area contributed by atoms with Gasteiger partial charge in [-0.15, -0.1) is 0 Å². The topological polar surface area (TPSA) is 46.8 Å². The molecular formula is C21H23N3O2. The minimum Gasteiger partial charge on any atom is -0.487 e. The number of hydrogen-bond donors (Lipinski definition) is 0. The molecule has 0 spiro atoms. The maximum Gasteiger partial charge on any atom is 0.253 e. The van der Waals surface area contributed by atoms with Crippen molar-refractivity contribution in [1.29, 1.82) is 0 Å². The van der Waals surface area contributed by atoms with Crippen LogP contribution in [0.5, 0.6) is 5.75 Å². The minimum atomic E-state index is 0.0441. The molecule has 0 saturated heterocycles. The van der Waals surface area contributed by atoms with Crippen molar-refractivity contribution in [2.24, 2.45) is 5.92 Å². The number of carbonyl (C=O) groups is 1. The highest BCUT2D eigenvalue weighted by Crippen LogP contribution is 2.35. The lowest BCUT2D eigenvalue weighted by Crippen LogP contribution is -2.36. The zero-order valence-corrected chi connectivity index (χ0v) is 15.1. The maximum atomic E-state index is 12.7. The van der Waals surface area contributed by atoms with Crippen molar-refractivity contribution in [2.45, 2.75) is 32.4 Å². The number of aromatic nitrogens is 2. The standard InChI is InChI=1S/C21H23N3O2/c1-15(16-9-10-16)23(2)21(25)17-6-5-7-19(12-17)26-14-18-13-24-11-4-3-8-20(24)22-18/h3-8,11-13,15-16H,9-10,14H2,1-2H3. The molecule has 3 aromatic rings. The number of carbonyl (C=O) groups excluding carboxylic acids is 1. The van der Waals surface area contributed by atoms with Gasteiger partial charge in [-0.05, 0) is 56.0 Å². The lowest BCUT2D eigenvalue weighted by atomic mass is 10.1. The Kier molecular flexibility index (Phi) is 4.37. The van der Waals surface area contributed by atoms with Crippen molar-refractivity contribution in [2.75, 3.05) is 7.05 Å². The summed E-state index contributed by atoms with van der Waals surface area (Å²) in [5.41, 5.74) is 2.41. The van der Waals surface area contributed by atoms with Gasteiger partial charge in [0.25, 0.3) is 5.91 Å². The Bertz CT molecular complexity index is 897. The van der Waals surface area contributed by atoms with E-state index in [9.17, 15) is 4.79 Å². The van der Waals surface area contributed by atoms with Crippen LogP contribution in [0.1, 0.15) is 35.8 Å². The van der Waals surface area contributed by atoms with Gasteiger partial charge in [-0.25, -0.2) is 4.98 Å². The molecule has 1 amide bonds. The Hall–Kier alpha value is -2.82. The van der Waals surface area contributed by atoms with Crippen molar-refractivity contribution >= 4 is 11.6 Å².